The van der Waals surface area contributed by atoms with Gasteiger partial charge in [0.05, 0.1) is 5.69 Å². The van der Waals surface area contributed by atoms with Crippen LogP contribution in [0, 0.1) is 0 Å². The molecule has 0 aliphatic rings. The summed E-state index contributed by atoms with van der Waals surface area (Å²) in [5.74, 6) is 0. The fraction of sp³-hybridized carbons (Fsp3) is 0. The number of benzene rings is 6. The van der Waals surface area contributed by atoms with E-state index in [1.807, 2.05) is 24.4 Å². The third-order valence-electron chi connectivity index (χ3n) is 7.69. The van der Waals surface area contributed by atoms with E-state index in [0.717, 1.165) is 39.1 Å². The molecule has 0 saturated heterocycles. The number of anilines is 3. The molecule has 0 atom stereocenters. The van der Waals surface area contributed by atoms with E-state index in [1.54, 1.807) is 0 Å². The summed E-state index contributed by atoms with van der Waals surface area (Å²) in [5.41, 5.74) is 7.96. The van der Waals surface area contributed by atoms with Crippen LogP contribution in [0.2, 0.25) is 0 Å². The van der Waals surface area contributed by atoms with Gasteiger partial charge in [0.25, 0.3) is 0 Å². The van der Waals surface area contributed by atoms with Crippen LogP contribution in [0.15, 0.2) is 150 Å². The van der Waals surface area contributed by atoms with Gasteiger partial charge >= 0.3 is 0 Å². The molecule has 0 aliphatic heterocycles. The SMILES string of the molecule is c1ccc(-c2ccc(N(c3ccc4ccc5ccccc5c4c3)c3cccc4c3oc3cccnc34)cc2)cc1. The van der Waals surface area contributed by atoms with Crippen molar-refractivity contribution in [1.82, 2.24) is 4.98 Å². The first kappa shape index (κ1) is 22.6. The van der Waals surface area contributed by atoms with Gasteiger partial charge in [-0.3, -0.25) is 4.98 Å². The van der Waals surface area contributed by atoms with Gasteiger partial charge in [0, 0.05) is 23.0 Å². The molecule has 3 nitrogen and oxygen atoms in total. The summed E-state index contributed by atoms with van der Waals surface area (Å²) >= 11 is 0. The first-order valence-corrected chi connectivity index (χ1v) is 13.5. The molecule has 0 bridgehead atoms. The largest absolute Gasteiger partial charge is 0.452 e. The lowest BCUT2D eigenvalue weighted by molar-refractivity contribution is 0.668. The fourth-order valence-electron chi connectivity index (χ4n) is 5.77. The summed E-state index contributed by atoms with van der Waals surface area (Å²) < 4.78 is 6.45. The van der Waals surface area contributed by atoms with E-state index < -0.39 is 0 Å². The van der Waals surface area contributed by atoms with Crippen molar-refractivity contribution in [2.75, 3.05) is 4.90 Å². The van der Waals surface area contributed by atoms with Crippen LogP contribution < -0.4 is 4.90 Å². The minimum Gasteiger partial charge on any atom is -0.452 e. The molecule has 6 aromatic carbocycles. The highest BCUT2D eigenvalue weighted by molar-refractivity contribution is 6.11. The van der Waals surface area contributed by atoms with Crippen molar-refractivity contribution in [2.24, 2.45) is 0 Å². The Morgan fingerprint density at radius 3 is 2.08 bits per heavy atom. The molecule has 3 heteroatoms. The summed E-state index contributed by atoms with van der Waals surface area (Å²) in [6.45, 7) is 0. The van der Waals surface area contributed by atoms with Gasteiger partial charge < -0.3 is 9.32 Å². The average Bonchev–Trinajstić information content (AvgIpc) is 3.41. The quantitative estimate of drug-likeness (QED) is 0.220. The predicted octanol–water partition coefficient (Wildman–Crippen LogP) is 10.4. The molecule has 0 amide bonds. The van der Waals surface area contributed by atoms with Gasteiger partial charge in [0.15, 0.2) is 11.2 Å². The van der Waals surface area contributed by atoms with E-state index in [1.165, 1.54) is 32.7 Å². The van der Waals surface area contributed by atoms with Gasteiger partial charge in [0.2, 0.25) is 0 Å². The van der Waals surface area contributed by atoms with Crippen LogP contribution in [0.5, 0.6) is 0 Å². The predicted molar refractivity (Wildman–Crippen MR) is 167 cm³/mol. The van der Waals surface area contributed by atoms with Crippen LogP contribution in [-0.2, 0) is 0 Å². The summed E-state index contributed by atoms with van der Waals surface area (Å²) in [4.78, 5) is 6.92. The maximum atomic E-state index is 6.45. The van der Waals surface area contributed by atoms with Gasteiger partial charge in [-0.15, -0.1) is 0 Å². The molecule has 40 heavy (non-hydrogen) atoms. The summed E-state index contributed by atoms with van der Waals surface area (Å²) in [5, 5.41) is 5.92. The smallest absolute Gasteiger partial charge is 0.161 e. The number of furan rings is 1. The topological polar surface area (TPSA) is 29.3 Å². The van der Waals surface area contributed by atoms with E-state index in [4.69, 9.17) is 4.42 Å². The van der Waals surface area contributed by atoms with Gasteiger partial charge in [-0.05, 0) is 81.2 Å². The van der Waals surface area contributed by atoms with Gasteiger partial charge in [-0.25, -0.2) is 0 Å². The number of para-hydroxylation sites is 1. The van der Waals surface area contributed by atoms with Crippen LogP contribution in [0.25, 0.3) is 54.7 Å². The molecule has 2 aromatic heterocycles. The van der Waals surface area contributed by atoms with Crippen LogP contribution in [-0.4, -0.2) is 4.98 Å². The Kier molecular flexibility index (Phi) is 5.14. The summed E-state index contributed by atoms with van der Waals surface area (Å²) in [6, 6.07) is 49.1. The minimum absolute atomic E-state index is 0.786. The minimum atomic E-state index is 0.786. The molecule has 0 unspecified atom stereocenters. The van der Waals surface area contributed by atoms with Crippen LogP contribution in [0.4, 0.5) is 17.1 Å². The highest BCUT2D eigenvalue weighted by atomic mass is 16.3. The lowest BCUT2D eigenvalue weighted by Crippen LogP contribution is -2.10. The number of aromatic nitrogens is 1. The van der Waals surface area contributed by atoms with Gasteiger partial charge in [-0.2, -0.15) is 0 Å². The zero-order valence-corrected chi connectivity index (χ0v) is 21.7. The summed E-state index contributed by atoms with van der Waals surface area (Å²) in [6.07, 6.45) is 1.82. The zero-order chi connectivity index (χ0) is 26.5. The number of hydrogen-bond donors (Lipinski definition) is 0. The molecule has 0 N–H and O–H groups in total. The molecular formula is C37H24N2O. The van der Waals surface area contributed by atoms with Crippen molar-refractivity contribution in [3.63, 3.8) is 0 Å². The van der Waals surface area contributed by atoms with E-state index in [0.29, 0.717) is 0 Å². The highest BCUT2D eigenvalue weighted by Crippen LogP contribution is 2.43. The molecule has 0 spiro atoms. The molecule has 188 valence electrons. The van der Waals surface area contributed by atoms with Crippen molar-refractivity contribution in [3.05, 3.63) is 146 Å². The molecule has 0 aliphatic carbocycles. The van der Waals surface area contributed by atoms with Crippen LogP contribution in [0.1, 0.15) is 0 Å². The van der Waals surface area contributed by atoms with Crippen molar-refractivity contribution < 1.29 is 4.42 Å². The number of rotatable bonds is 4. The number of pyridine rings is 1. The second-order valence-electron chi connectivity index (χ2n) is 10.0. The molecule has 0 radical (unpaired) electrons. The van der Waals surface area contributed by atoms with Crippen molar-refractivity contribution in [1.29, 1.82) is 0 Å². The Morgan fingerprint density at radius 2 is 1.20 bits per heavy atom. The first-order valence-electron chi connectivity index (χ1n) is 13.5. The Hall–Kier alpha value is -5.41. The Labute approximate surface area is 231 Å². The highest BCUT2D eigenvalue weighted by Gasteiger charge is 2.20. The van der Waals surface area contributed by atoms with E-state index in [9.17, 15) is 0 Å². The molecule has 0 saturated carbocycles. The van der Waals surface area contributed by atoms with Crippen LogP contribution >= 0.6 is 0 Å². The Bertz CT molecular complexity index is 2160. The number of nitrogens with zero attached hydrogens (tertiary/aromatic N) is 2. The lowest BCUT2D eigenvalue weighted by atomic mass is 10.0. The van der Waals surface area contributed by atoms with Crippen molar-refractivity contribution >= 4 is 60.7 Å². The van der Waals surface area contributed by atoms with E-state index in [-0.39, 0.29) is 0 Å². The molecule has 8 aromatic rings. The molecule has 8 rings (SSSR count). The number of hydrogen-bond acceptors (Lipinski definition) is 3. The third-order valence-corrected chi connectivity index (χ3v) is 7.69. The molecular weight excluding hydrogens is 488 g/mol. The van der Waals surface area contributed by atoms with Crippen LogP contribution in [0.3, 0.4) is 0 Å². The van der Waals surface area contributed by atoms with Gasteiger partial charge in [-0.1, -0.05) is 91.0 Å². The molecule has 0 fully saturated rings. The molecule has 2 heterocycles. The second-order valence-corrected chi connectivity index (χ2v) is 10.0. The maximum Gasteiger partial charge on any atom is 0.161 e. The normalized spacial score (nSPS) is 11.5. The summed E-state index contributed by atoms with van der Waals surface area (Å²) in [7, 11) is 0. The zero-order valence-electron chi connectivity index (χ0n) is 21.7. The Morgan fingerprint density at radius 1 is 0.500 bits per heavy atom. The second kappa shape index (κ2) is 9.11. The number of fused-ring (bicyclic) bond motifs is 6. The average molecular weight is 513 g/mol. The van der Waals surface area contributed by atoms with Crippen molar-refractivity contribution in [3.8, 4) is 11.1 Å². The maximum absolute atomic E-state index is 6.45. The third kappa shape index (κ3) is 3.63. The first-order chi connectivity index (χ1) is 19.8. The Balaban J connectivity index is 1.38. The van der Waals surface area contributed by atoms with E-state index >= 15 is 0 Å². The fourth-order valence-corrected chi connectivity index (χ4v) is 5.77. The van der Waals surface area contributed by atoms with Gasteiger partial charge in [0.1, 0.15) is 5.52 Å². The monoisotopic (exact) mass is 512 g/mol. The lowest BCUT2D eigenvalue weighted by Gasteiger charge is -2.26. The van der Waals surface area contributed by atoms with Crippen molar-refractivity contribution in [2.45, 2.75) is 0 Å². The standard InChI is InChI=1S/C37H24N2O/c1-2-8-25(9-3-1)26-17-20-29(21-18-26)39(34-13-6-12-32-36-35(40-37(32)34)14-7-23-38-36)30-22-19-28-16-15-27-10-4-5-11-31(27)33(28)24-30/h1-24H. The van der Waals surface area contributed by atoms with E-state index in [2.05, 4.69) is 131 Å².